The molecule has 1 aromatic heterocycles. The molecule has 0 unspecified atom stereocenters. The van der Waals surface area contributed by atoms with Crippen LogP contribution in [0.25, 0.3) is 11.3 Å². The van der Waals surface area contributed by atoms with E-state index in [-0.39, 0.29) is 5.91 Å². The predicted octanol–water partition coefficient (Wildman–Crippen LogP) is 3.97. The van der Waals surface area contributed by atoms with Crippen LogP contribution in [0.5, 0.6) is 0 Å². The van der Waals surface area contributed by atoms with E-state index >= 15 is 0 Å². The summed E-state index contributed by atoms with van der Waals surface area (Å²) < 4.78 is 0. The Hall–Kier alpha value is -2.59. The Labute approximate surface area is 139 Å². The molecule has 0 aliphatic rings. The van der Waals surface area contributed by atoms with Crippen LogP contribution in [-0.4, -0.2) is 16.1 Å². The van der Waals surface area contributed by atoms with Gasteiger partial charge in [-0.1, -0.05) is 47.5 Å². The molecule has 0 atom stereocenters. The minimum Gasteiger partial charge on any atom is -0.348 e. The van der Waals surface area contributed by atoms with Gasteiger partial charge in [-0.2, -0.15) is 5.10 Å². The van der Waals surface area contributed by atoms with Gasteiger partial charge in [-0.25, -0.2) is 0 Å². The van der Waals surface area contributed by atoms with Crippen molar-refractivity contribution in [3.05, 3.63) is 76.4 Å². The average molecular weight is 326 g/mol. The Balaban J connectivity index is 1.77. The van der Waals surface area contributed by atoms with Gasteiger partial charge in [0.15, 0.2) is 0 Å². The van der Waals surface area contributed by atoms with Crippen molar-refractivity contribution in [2.45, 2.75) is 13.5 Å². The number of rotatable bonds is 4. The number of aromatic nitrogens is 2. The van der Waals surface area contributed by atoms with Gasteiger partial charge in [-0.05, 0) is 30.7 Å². The highest BCUT2D eigenvalue weighted by molar-refractivity contribution is 6.30. The standard InChI is InChI=1S/C18H16ClN3O/c1-12-4-2-6-14(8-12)17-16(11-21-22-17)18(23)20-10-13-5-3-7-15(19)9-13/h2-9,11H,10H2,1H3,(H,20,23)(H,21,22). The molecule has 0 fully saturated rings. The van der Waals surface area contributed by atoms with E-state index < -0.39 is 0 Å². The van der Waals surface area contributed by atoms with Crippen molar-refractivity contribution in [1.82, 2.24) is 15.5 Å². The molecule has 0 saturated heterocycles. The number of nitrogens with one attached hydrogen (secondary N) is 2. The zero-order valence-electron chi connectivity index (χ0n) is 12.6. The number of carbonyl (C=O) groups is 1. The van der Waals surface area contributed by atoms with Crippen molar-refractivity contribution in [3.8, 4) is 11.3 Å². The normalized spacial score (nSPS) is 10.5. The number of benzene rings is 2. The van der Waals surface area contributed by atoms with Crippen LogP contribution >= 0.6 is 11.6 Å². The Bertz CT molecular complexity index is 842. The fourth-order valence-electron chi connectivity index (χ4n) is 2.40. The molecule has 0 spiro atoms. The van der Waals surface area contributed by atoms with Crippen LogP contribution in [0.1, 0.15) is 21.5 Å². The molecule has 1 heterocycles. The number of hydrogen-bond acceptors (Lipinski definition) is 2. The second-order valence-electron chi connectivity index (χ2n) is 5.34. The Morgan fingerprint density at radius 1 is 1.22 bits per heavy atom. The summed E-state index contributed by atoms with van der Waals surface area (Å²) in [5.41, 5.74) is 4.26. The van der Waals surface area contributed by atoms with Crippen LogP contribution < -0.4 is 5.32 Å². The third-order valence-electron chi connectivity index (χ3n) is 3.53. The Kier molecular flexibility index (Phi) is 4.44. The first kappa shape index (κ1) is 15.3. The van der Waals surface area contributed by atoms with Gasteiger partial charge in [0.2, 0.25) is 0 Å². The van der Waals surface area contributed by atoms with E-state index in [0.717, 1.165) is 22.4 Å². The molecule has 5 heteroatoms. The third kappa shape index (κ3) is 3.60. The summed E-state index contributed by atoms with van der Waals surface area (Å²) in [5.74, 6) is -0.171. The van der Waals surface area contributed by atoms with Crippen LogP contribution in [0.4, 0.5) is 0 Å². The molecule has 0 bridgehead atoms. The maximum atomic E-state index is 12.4. The number of aryl methyl sites for hydroxylation is 1. The first-order chi connectivity index (χ1) is 11.1. The quantitative estimate of drug-likeness (QED) is 0.762. The van der Waals surface area contributed by atoms with Gasteiger partial charge < -0.3 is 5.32 Å². The number of carbonyl (C=O) groups excluding carboxylic acids is 1. The molecule has 3 rings (SSSR count). The summed E-state index contributed by atoms with van der Waals surface area (Å²) in [6.45, 7) is 2.43. The molecule has 23 heavy (non-hydrogen) atoms. The van der Waals surface area contributed by atoms with Crippen molar-refractivity contribution < 1.29 is 4.79 Å². The highest BCUT2D eigenvalue weighted by atomic mass is 35.5. The van der Waals surface area contributed by atoms with E-state index in [1.165, 1.54) is 0 Å². The zero-order chi connectivity index (χ0) is 16.2. The maximum Gasteiger partial charge on any atom is 0.255 e. The van der Waals surface area contributed by atoms with Gasteiger partial charge in [-0.3, -0.25) is 9.89 Å². The van der Waals surface area contributed by atoms with E-state index in [9.17, 15) is 4.79 Å². The largest absolute Gasteiger partial charge is 0.348 e. The Morgan fingerprint density at radius 2 is 2.04 bits per heavy atom. The number of nitrogens with zero attached hydrogens (tertiary/aromatic N) is 1. The first-order valence-corrected chi connectivity index (χ1v) is 7.64. The average Bonchev–Trinajstić information content (AvgIpc) is 3.02. The second-order valence-corrected chi connectivity index (χ2v) is 5.78. The van der Waals surface area contributed by atoms with Gasteiger partial charge in [-0.15, -0.1) is 0 Å². The second kappa shape index (κ2) is 6.67. The molecule has 0 aliphatic heterocycles. The molecule has 3 aromatic rings. The molecular weight excluding hydrogens is 310 g/mol. The molecule has 0 aliphatic carbocycles. The highest BCUT2D eigenvalue weighted by Crippen LogP contribution is 2.22. The van der Waals surface area contributed by atoms with Crippen LogP contribution in [0, 0.1) is 6.92 Å². The van der Waals surface area contributed by atoms with Gasteiger partial charge in [0.1, 0.15) is 0 Å². The molecule has 1 amide bonds. The van der Waals surface area contributed by atoms with Crippen molar-refractivity contribution >= 4 is 17.5 Å². The summed E-state index contributed by atoms with van der Waals surface area (Å²) in [7, 11) is 0. The van der Waals surface area contributed by atoms with Gasteiger partial charge in [0.25, 0.3) is 5.91 Å². The van der Waals surface area contributed by atoms with Crippen molar-refractivity contribution in [2.24, 2.45) is 0 Å². The highest BCUT2D eigenvalue weighted by Gasteiger charge is 2.15. The summed E-state index contributed by atoms with van der Waals surface area (Å²) >= 11 is 5.95. The predicted molar refractivity (Wildman–Crippen MR) is 91.4 cm³/mol. The summed E-state index contributed by atoms with van der Waals surface area (Å²) in [6.07, 6.45) is 1.55. The lowest BCUT2D eigenvalue weighted by Gasteiger charge is -2.07. The van der Waals surface area contributed by atoms with E-state index in [4.69, 9.17) is 11.6 Å². The zero-order valence-corrected chi connectivity index (χ0v) is 13.4. The van der Waals surface area contributed by atoms with Crippen LogP contribution in [0.2, 0.25) is 5.02 Å². The summed E-state index contributed by atoms with van der Waals surface area (Å²) in [6, 6.07) is 15.4. The lowest BCUT2D eigenvalue weighted by atomic mass is 10.1. The van der Waals surface area contributed by atoms with Gasteiger partial charge >= 0.3 is 0 Å². The number of hydrogen-bond donors (Lipinski definition) is 2. The van der Waals surface area contributed by atoms with Crippen molar-refractivity contribution in [2.75, 3.05) is 0 Å². The lowest BCUT2D eigenvalue weighted by molar-refractivity contribution is 0.0951. The van der Waals surface area contributed by atoms with E-state index in [2.05, 4.69) is 15.5 Å². The SMILES string of the molecule is Cc1cccc(-c2[nH]ncc2C(=O)NCc2cccc(Cl)c2)c1. The fourth-order valence-corrected chi connectivity index (χ4v) is 2.62. The smallest absolute Gasteiger partial charge is 0.255 e. The van der Waals surface area contributed by atoms with E-state index in [0.29, 0.717) is 17.1 Å². The number of halogens is 1. The summed E-state index contributed by atoms with van der Waals surface area (Å²) in [5, 5.41) is 10.5. The van der Waals surface area contributed by atoms with Gasteiger partial charge in [0, 0.05) is 17.1 Å². The van der Waals surface area contributed by atoms with E-state index in [1.807, 2.05) is 49.4 Å². The molecule has 116 valence electrons. The molecule has 0 saturated carbocycles. The molecular formula is C18H16ClN3O. The van der Waals surface area contributed by atoms with E-state index in [1.54, 1.807) is 12.3 Å². The first-order valence-electron chi connectivity index (χ1n) is 7.26. The Morgan fingerprint density at radius 3 is 2.83 bits per heavy atom. The molecule has 2 N–H and O–H groups in total. The minimum absolute atomic E-state index is 0.171. The molecule has 2 aromatic carbocycles. The minimum atomic E-state index is -0.171. The molecule has 4 nitrogen and oxygen atoms in total. The van der Waals surface area contributed by atoms with Crippen molar-refractivity contribution in [1.29, 1.82) is 0 Å². The van der Waals surface area contributed by atoms with Crippen LogP contribution in [0.15, 0.2) is 54.7 Å². The van der Waals surface area contributed by atoms with Crippen LogP contribution in [-0.2, 0) is 6.54 Å². The fraction of sp³-hybridized carbons (Fsp3) is 0.111. The third-order valence-corrected chi connectivity index (χ3v) is 3.77. The van der Waals surface area contributed by atoms with Crippen LogP contribution in [0.3, 0.4) is 0 Å². The van der Waals surface area contributed by atoms with Gasteiger partial charge in [0.05, 0.1) is 17.5 Å². The topological polar surface area (TPSA) is 57.8 Å². The van der Waals surface area contributed by atoms with Crippen molar-refractivity contribution in [3.63, 3.8) is 0 Å². The lowest BCUT2D eigenvalue weighted by Crippen LogP contribution is -2.22. The number of H-pyrrole nitrogens is 1. The monoisotopic (exact) mass is 325 g/mol. The molecule has 0 radical (unpaired) electrons. The number of amides is 1. The number of aromatic amines is 1. The summed E-state index contributed by atoms with van der Waals surface area (Å²) in [4.78, 5) is 12.4. The maximum absolute atomic E-state index is 12.4.